The van der Waals surface area contributed by atoms with Crippen LogP contribution in [0.1, 0.15) is 49.4 Å². The number of aromatic nitrogens is 1. The molecule has 2 heterocycles. The first-order valence-corrected chi connectivity index (χ1v) is 10.8. The zero-order valence-corrected chi connectivity index (χ0v) is 18.7. The van der Waals surface area contributed by atoms with Crippen molar-refractivity contribution in [3.63, 3.8) is 0 Å². The molecule has 5 nitrogen and oxygen atoms in total. The van der Waals surface area contributed by atoms with Crippen LogP contribution in [0, 0.1) is 19.3 Å². The smallest absolute Gasteiger partial charge is 0.142 e. The van der Waals surface area contributed by atoms with Crippen LogP contribution >= 0.6 is 0 Å². The maximum Gasteiger partial charge on any atom is 0.142 e. The van der Waals surface area contributed by atoms with Gasteiger partial charge in [0.05, 0.1) is 22.9 Å². The lowest BCUT2D eigenvalue weighted by Crippen LogP contribution is -2.33. The third-order valence-corrected chi connectivity index (χ3v) is 6.12. The predicted octanol–water partition coefficient (Wildman–Crippen LogP) is 5.36. The lowest BCUT2D eigenvalue weighted by atomic mass is 9.80. The number of pyridine rings is 1. The second-order valence-electron chi connectivity index (χ2n) is 9.13. The molecular formula is C26H30N2O3. The standard InChI is InChI=1S/C26H30N2O3/c1-16-7-5-8-19-18(11-12-30-25(16)19)14-23(29)26(3,4)15-31-22-10-6-9-21-24(22)20(27)13-17(2)28-21/h5-10,13,18H,11-12,14-15H2,1-4H3,(H2,27,28). The van der Waals surface area contributed by atoms with Crippen molar-refractivity contribution in [1.82, 2.24) is 4.98 Å². The van der Waals surface area contributed by atoms with E-state index >= 15 is 0 Å². The lowest BCUT2D eigenvalue weighted by molar-refractivity contribution is -0.129. The normalized spacial score (nSPS) is 15.9. The summed E-state index contributed by atoms with van der Waals surface area (Å²) in [5, 5.41) is 0.796. The van der Waals surface area contributed by atoms with Gasteiger partial charge in [0, 0.05) is 17.8 Å². The molecule has 2 aromatic carbocycles. The number of hydrogen-bond donors (Lipinski definition) is 1. The molecule has 162 valence electrons. The van der Waals surface area contributed by atoms with Crippen molar-refractivity contribution in [3.05, 3.63) is 59.3 Å². The van der Waals surface area contributed by atoms with Crippen molar-refractivity contribution < 1.29 is 14.3 Å². The fourth-order valence-corrected chi connectivity index (χ4v) is 4.25. The predicted molar refractivity (Wildman–Crippen MR) is 124 cm³/mol. The molecule has 1 aliphatic heterocycles. The van der Waals surface area contributed by atoms with Gasteiger partial charge in [0.15, 0.2) is 0 Å². The molecule has 1 atom stereocenters. The minimum atomic E-state index is -0.628. The number of rotatable bonds is 6. The van der Waals surface area contributed by atoms with E-state index in [0.29, 0.717) is 24.5 Å². The summed E-state index contributed by atoms with van der Waals surface area (Å²) in [4.78, 5) is 17.8. The Bertz CT molecular complexity index is 1140. The molecule has 0 aliphatic carbocycles. The first-order chi connectivity index (χ1) is 14.8. The second kappa shape index (κ2) is 8.22. The van der Waals surface area contributed by atoms with E-state index in [4.69, 9.17) is 15.2 Å². The van der Waals surface area contributed by atoms with Gasteiger partial charge in [-0.15, -0.1) is 0 Å². The van der Waals surface area contributed by atoms with Crippen LogP contribution in [0.4, 0.5) is 5.69 Å². The molecule has 3 aromatic rings. The Kier molecular flexibility index (Phi) is 5.61. The first-order valence-electron chi connectivity index (χ1n) is 10.8. The largest absolute Gasteiger partial charge is 0.493 e. The lowest BCUT2D eigenvalue weighted by Gasteiger charge is -2.30. The van der Waals surface area contributed by atoms with Crippen molar-refractivity contribution >= 4 is 22.4 Å². The Morgan fingerprint density at radius 2 is 2.00 bits per heavy atom. The molecule has 0 fully saturated rings. The minimum absolute atomic E-state index is 0.177. The molecule has 4 rings (SSSR count). The molecule has 1 unspecified atom stereocenters. The number of para-hydroxylation sites is 1. The summed E-state index contributed by atoms with van der Waals surface area (Å²) < 4.78 is 12.0. The van der Waals surface area contributed by atoms with Crippen LogP contribution in [0.25, 0.3) is 10.9 Å². The molecule has 1 aromatic heterocycles. The molecule has 2 N–H and O–H groups in total. The Morgan fingerprint density at radius 3 is 2.81 bits per heavy atom. The number of nitrogens with zero attached hydrogens (tertiary/aromatic N) is 1. The number of carbonyl (C=O) groups is 1. The highest BCUT2D eigenvalue weighted by Gasteiger charge is 2.33. The summed E-state index contributed by atoms with van der Waals surface area (Å²) in [5.74, 6) is 1.97. The molecular weight excluding hydrogens is 388 g/mol. The van der Waals surface area contributed by atoms with Gasteiger partial charge in [0.1, 0.15) is 23.9 Å². The number of ketones is 1. The SMILES string of the molecule is Cc1cc(N)c2c(OCC(C)(C)C(=O)CC3CCOc4c(C)cccc43)cccc2n1. The van der Waals surface area contributed by atoms with E-state index in [2.05, 4.69) is 11.1 Å². The molecule has 0 bridgehead atoms. The van der Waals surface area contributed by atoms with E-state index in [1.807, 2.05) is 64.1 Å². The summed E-state index contributed by atoms with van der Waals surface area (Å²) in [7, 11) is 0. The van der Waals surface area contributed by atoms with Gasteiger partial charge < -0.3 is 15.2 Å². The maximum absolute atomic E-state index is 13.3. The minimum Gasteiger partial charge on any atom is -0.493 e. The number of anilines is 1. The number of nitrogens with two attached hydrogens (primary N) is 1. The third kappa shape index (κ3) is 4.22. The first kappa shape index (κ1) is 21.2. The van der Waals surface area contributed by atoms with Crippen molar-refractivity contribution in [3.8, 4) is 11.5 Å². The van der Waals surface area contributed by atoms with Gasteiger partial charge in [0.25, 0.3) is 0 Å². The number of nitrogen functional groups attached to an aromatic ring is 1. The van der Waals surface area contributed by atoms with Crippen molar-refractivity contribution in [1.29, 1.82) is 0 Å². The van der Waals surface area contributed by atoms with Crippen molar-refractivity contribution in [2.24, 2.45) is 5.41 Å². The summed E-state index contributed by atoms with van der Waals surface area (Å²) in [6, 6.07) is 13.7. The second-order valence-corrected chi connectivity index (χ2v) is 9.13. The molecule has 5 heteroatoms. The number of aryl methyl sites for hydroxylation is 2. The molecule has 0 radical (unpaired) electrons. The van der Waals surface area contributed by atoms with Crippen LogP contribution in [0.5, 0.6) is 11.5 Å². The van der Waals surface area contributed by atoms with E-state index in [9.17, 15) is 4.79 Å². The fourth-order valence-electron chi connectivity index (χ4n) is 4.25. The van der Waals surface area contributed by atoms with Crippen LogP contribution in [-0.2, 0) is 4.79 Å². The van der Waals surface area contributed by atoms with Gasteiger partial charge in [-0.25, -0.2) is 0 Å². The van der Waals surface area contributed by atoms with E-state index < -0.39 is 5.41 Å². The van der Waals surface area contributed by atoms with Gasteiger partial charge >= 0.3 is 0 Å². The third-order valence-electron chi connectivity index (χ3n) is 6.12. The van der Waals surface area contributed by atoms with E-state index in [1.165, 1.54) is 0 Å². The zero-order chi connectivity index (χ0) is 22.2. The Balaban J connectivity index is 1.50. The maximum atomic E-state index is 13.3. The van der Waals surface area contributed by atoms with Gasteiger partial charge in [-0.3, -0.25) is 9.78 Å². The highest BCUT2D eigenvalue weighted by molar-refractivity contribution is 5.95. The highest BCUT2D eigenvalue weighted by Crippen LogP contribution is 2.39. The van der Waals surface area contributed by atoms with Crippen LogP contribution in [-0.4, -0.2) is 24.0 Å². The Labute approximate surface area is 183 Å². The summed E-state index contributed by atoms with van der Waals surface area (Å²) >= 11 is 0. The van der Waals surface area contributed by atoms with Crippen LogP contribution in [0.3, 0.4) is 0 Å². The highest BCUT2D eigenvalue weighted by atomic mass is 16.5. The summed E-state index contributed by atoms with van der Waals surface area (Å²) in [6.07, 6.45) is 1.33. The van der Waals surface area contributed by atoms with Crippen molar-refractivity contribution in [2.75, 3.05) is 18.9 Å². The van der Waals surface area contributed by atoms with Crippen LogP contribution < -0.4 is 15.2 Å². The molecule has 0 saturated heterocycles. The van der Waals surface area contributed by atoms with Crippen LogP contribution in [0.2, 0.25) is 0 Å². The average Bonchev–Trinajstić information content (AvgIpc) is 2.72. The molecule has 0 spiro atoms. The van der Waals surface area contributed by atoms with E-state index in [-0.39, 0.29) is 18.3 Å². The summed E-state index contributed by atoms with van der Waals surface area (Å²) in [5.41, 5.74) is 10.2. The zero-order valence-electron chi connectivity index (χ0n) is 18.7. The monoisotopic (exact) mass is 418 g/mol. The van der Waals surface area contributed by atoms with E-state index in [1.54, 1.807) is 0 Å². The molecule has 1 aliphatic rings. The number of Topliss-reactive ketones (excluding diaryl/α,β-unsaturated/α-hetero) is 1. The van der Waals surface area contributed by atoms with Gasteiger partial charge in [0.2, 0.25) is 0 Å². The van der Waals surface area contributed by atoms with Crippen molar-refractivity contribution in [2.45, 2.75) is 46.5 Å². The average molecular weight is 419 g/mol. The molecule has 0 saturated carbocycles. The number of ether oxygens (including phenoxy) is 2. The van der Waals surface area contributed by atoms with Gasteiger partial charge in [-0.1, -0.05) is 24.3 Å². The number of hydrogen-bond acceptors (Lipinski definition) is 5. The van der Waals surface area contributed by atoms with Crippen LogP contribution in [0.15, 0.2) is 42.5 Å². The number of benzene rings is 2. The summed E-state index contributed by atoms with van der Waals surface area (Å²) in [6.45, 7) is 8.79. The number of fused-ring (bicyclic) bond motifs is 2. The van der Waals surface area contributed by atoms with Gasteiger partial charge in [-0.05, 0) is 69.4 Å². The quantitative estimate of drug-likeness (QED) is 0.583. The Hall–Kier alpha value is -3.08. The van der Waals surface area contributed by atoms with E-state index in [0.717, 1.165) is 39.9 Å². The number of carbonyl (C=O) groups excluding carboxylic acids is 1. The topological polar surface area (TPSA) is 74.4 Å². The molecule has 31 heavy (non-hydrogen) atoms. The fraction of sp³-hybridized carbons (Fsp3) is 0.385. The molecule has 0 amide bonds. The van der Waals surface area contributed by atoms with Gasteiger partial charge in [-0.2, -0.15) is 0 Å². The Morgan fingerprint density at radius 1 is 1.23 bits per heavy atom.